The second-order valence-corrected chi connectivity index (χ2v) is 12.5. The second kappa shape index (κ2) is 22.8. The van der Waals surface area contributed by atoms with Gasteiger partial charge >= 0.3 is 0 Å². The first-order valence-corrected chi connectivity index (χ1v) is 16.6. The molecule has 0 aliphatic carbocycles. The third kappa shape index (κ3) is 16.6. The van der Waals surface area contributed by atoms with Gasteiger partial charge in [-0.25, -0.2) is 0 Å². The van der Waals surface area contributed by atoms with Crippen LogP contribution in [0.1, 0.15) is 98.9 Å². The van der Waals surface area contributed by atoms with Gasteiger partial charge in [0.15, 0.2) is 0 Å². The minimum absolute atomic E-state index is 0.0266. The van der Waals surface area contributed by atoms with Gasteiger partial charge in [0, 0.05) is 24.7 Å². The summed E-state index contributed by atoms with van der Waals surface area (Å²) in [6.45, 7) is 19.7. The van der Waals surface area contributed by atoms with Gasteiger partial charge in [-0.05, 0) is 62.3 Å². The van der Waals surface area contributed by atoms with Crippen molar-refractivity contribution in [1.82, 2.24) is 31.9 Å². The number of likely N-dealkylation sites (N-methyl/N-ethyl adjacent to an activating group) is 1. The molecule has 3 unspecified atom stereocenters. The maximum atomic E-state index is 13.0. The van der Waals surface area contributed by atoms with Gasteiger partial charge in [-0.1, -0.05) is 68.2 Å². The summed E-state index contributed by atoms with van der Waals surface area (Å²) in [5.74, 6) is -1.91. The van der Waals surface area contributed by atoms with Gasteiger partial charge in [-0.2, -0.15) is 0 Å². The highest BCUT2D eigenvalue weighted by Crippen LogP contribution is 2.13. The summed E-state index contributed by atoms with van der Waals surface area (Å²) in [5, 5.41) is 26.4. The molecule has 0 bridgehead atoms. The van der Waals surface area contributed by atoms with Crippen molar-refractivity contribution < 1.29 is 29.1 Å². The minimum atomic E-state index is -0.860. The van der Waals surface area contributed by atoms with E-state index in [-0.39, 0.29) is 47.9 Å². The Bertz CT molecular complexity index is 1080. The van der Waals surface area contributed by atoms with Crippen molar-refractivity contribution >= 4 is 29.5 Å². The largest absolute Gasteiger partial charge is 0.508 e. The number of rotatable bonds is 18. The van der Waals surface area contributed by atoms with E-state index in [2.05, 4.69) is 45.7 Å². The SMILES string of the molecule is CCC.CCNC(=O)C(NC(=O)[C@H](C)NCC(CC(C)C)NC(=O)CNC(=O)C(NC(=O)c1ccc(O)cc1)[C@@H](C)CC)C(C)C. The van der Waals surface area contributed by atoms with Crippen LogP contribution in [0, 0.1) is 17.8 Å². The summed E-state index contributed by atoms with van der Waals surface area (Å²) in [7, 11) is 0. The molecule has 0 radical (unpaired) electrons. The Hall–Kier alpha value is -3.67. The van der Waals surface area contributed by atoms with Crippen LogP contribution in [-0.2, 0) is 19.2 Å². The molecule has 12 nitrogen and oxygen atoms in total. The van der Waals surface area contributed by atoms with Crippen LogP contribution in [0.2, 0.25) is 0 Å². The van der Waals surface area contributed by atoms with Crippen LogP contribution in [0.15, 0.2) is 24.3 Å². The molecule has 1 aromatic carbocycles. The smallest absolute Gasteiger partial charge is 0.251 e. The molecule has 5 amide bonds. The van der Waals surface area contributed by atoms with Gasteiger partial charge in [0.1, 0.15) is 17.8 Å². The number of carbonyl (C=O) groups excluding carboxylic acids is 5. The Labute approximate surface area is 276 Å². The van der Waals surface area contributed by atoms with E-state index in [0.717, 1.165) is 0 Å². The molecular weight excluding hydrogens is 588 g/mol. The van der Waals surface area contributed by atoms with Gasteiger partial charge in [-0.15, -0.1) is 0 Å². The van der Waals surface area contributed by atoms with Gasteiger partial charge in [0.05, 0.1) is 12.6 Å². The monoisotopic (exact) mass is 648 g/mol. The van der Waals surface area contributed by atoms with Gasteiger partial charge in [0.2, 0.25) is 23.6 Å². The Morgan fingerprint density at radius 1 is 0.739 bits per heavy atom. The lowest BCUT2D eigenvalue weighted by molar-refractivity contribution is -0.130. The summed E-state index contributed by atoms with van der Waals surface area (Å²) in [4.78, 5) is 63.7. The number of hydrogen-bond acceptors (Lipinski definition) is 7. The molecule has 0 spiro atoms. The highest BCUT2D eigenvalue weighted by Gasteiger charge is 2.28. The van der Waals surface area contributed by atoms with Crippen molar-refractivity contribution in [3.05, 3.63) is 29.8 Å². The predicted octanol–water partition coefficient (Wildman–Crippen LogP) is 2.86. The Morgan fingerprint density at radius 2 is 1.30 bits per heavy atom. The fourth-order valence-corrected chi connectivity index (χ4v) is 4.37. The first kappa shape index (κ1) is 42.3. The molecule has 0 saturated heterocycles. The Kier molecular flexibility index (Phi) is 21.0. The number of aromatic hydroxyl groups is 1. The summed E-state index contributed by atoms with van der Waals surface area (Å²) in [5.41, 5.74) is 0.299. The molecule has 0 heterocycles. The second-order valence-electron chi connectivity index (χ2n) is 12.5. The third-order valence-electron chi connectivity index (χ3n) is 7.12. The number of benzene rings is 1. The van der Waals surface area contributed by atoms with Crippen molar-refractivity contribution in [1.29, 1.82) is 0 Å². The number of phenolic OH excluding ortho intramolecular Hbond substituents is 1. The van der Waals surface area contributed by atoms with E-state index < -0.39 is 35.8 Å². The first-order valence-electron chi connectivity index (χ1n) is 16.6. The molecule has 1 aromatic rings. The average Bonchev–Trinajstić information content (AvgIpc) is 2.99. The van der Waals surface area contributed by atoms with Crippen LogP contribution in [0.4, 0.5) is 0 Å². The van der Waals surface area contributed by atoms with Crippen molar-refractivity contribution in [3.63, 3.8) is 0 Å². The number of nitrogens with one attached hydrogen (secondary N) is 6. The summed E-state index contributed by atoms with van der Waals surface area (Å²) < 4.78 is 0. The molecule has 0 aromatic heterocycles. The zero-order chi connectivity index (χ0) is 35.4. The van der Waals surface area contributed by atoms with Gasteiger partial charge < -0.3 is 37.0 Å². The summed E-state index contributed by atoms with van der Waals surface area (Å²) in [6, 6.07) is 3.26. The van der Waals surface area contributed by atoms with Crippen molar-refractivity contribution in [2.75, 3.05) is 19.6 Å². The molecule has 262 valence electrons. The topological polar surface area (TPSA) is 178 Å². The molecule has 1 rings (SSSR count). The molecule has 0 aliphatic heterocycles. The molecule has 0 aliphatic rings. The van der Waals surface area contributed by atoms with Gasteiger partial charge in [0.25, 0.3) is 5.91 Å². The minimum Gasteiger partial charge on any atom is -0.508 e. The zero-order valence-corrected chi connectivity index (χ0v) is 29.6. The first-order chi connectivity index (χ1) is 21.6. The van der Waals surface area contributed by atoms with E-state index in [1.807, 2.05) is 48.5 Å². The fraction of sp³-hybridized carbons (Fsp3) is 0.676. The molecule has 46 heavy (non-hydrogen) atoms. The Morgan fingerprint density at radius 3 is 1.80 bits per heavy atom. The molecule has 5 atom stereocenters. The zero-order valence-electron chi connectivity index (χ0n) is 29.6. The molecular formula is C34H60N6O6. The lowest BCUT2D eigenvalue weighted by atomic mass is 9.97. The van der Waals surface area contributed by atoms with Crippen LogP contribution >= 0.6 is 0 Å². The van der Waals surface area contributed by atoms with Crippen LogP contribution in [0.5, 0.6) is 5.75 Å². The lowest BCUT2D eigenvalue weighted by Crippen LogP contribution is -2.56. The molecule has 0 fully saturated rings. The van der Waals surface area contributed by atoms with E-state index in [1.54, 1.807) is 6.92 Å². The highest BCUT2D eigenvalue weighted by atomic mass is 16.3. The number of hydrogen-bond donors (Lipinski definition) is 7. The average molecular weight is 649 g/mol. The molecule has 7 N–H and O–H groups in total. The lowest BCUT2D eigenvalue weighted by Gasteiger charge is -2.26. The van der Waals surface area contributed by atoms with Crippen molar-refractivity contribution in [2.45, 2.75) is 113 Å². The summed E-state index contributed by atoms with van der Waals surface area (Å²) >= 11 is 0. The van der Waals surface area contributed by atoms with Crippen LogP contribution < -0.4 is 31.9 Å². The normalized spacial score (nSPS) is 14.1. The van der Waals surface area contributed by atoms with E-state index in [4.69, 9.17) is 0 Å². The van der Waals surface area contributed by atoms with E-state index in [0.29, 0.717) is 31.5 Å². The Balaban J connectivity index is 0.00000647. The van der Waals surface area contributed by atoms with Crippen molar-refractivity contribution in [3.8, 4) is 5.75 Å². The van der Waals surface area contributed by atoms with E-state index >= 15 is 0 Å². The van der Waals surface area contributed by atoms with E-state index in [9.17, 15) is 29.1 Å². The van der Waals surface area contributed by atoms with E-state index in [1.165, 1.54) is 30.7 Å². The van der Waals surface area contributed by atoms with Crippen LogP contribution in [-0.4, -0.2) is 78.4 Å². The number of carbonyl (C=O) groups is 5. The fourth-order valence-electron chi connectivity index (χ4n) is 4.37. The van der Waals surface area contributed by atoms with Crippen molar-refractivity contribution in [2.24, 2.45) is 17.8 Å². The predicted molar refractivity (Wildman–Crippen MR) is 182 cm³/mol. The molecule has 0 saturated carbocycles. The number of amides is 5. The number of phenols is 1. The van der Waals surface area contributed by atoms with Crippen LogP contribution in [0.25, 0.3) is 0 Å². The quantitative estimate of drug-likeness (QED) is 0.128. The highest BCUT2D eigenvalue weighted by molar-refractivity contribution is 5.98. The maximum Gasteiger partial charge on any atom is 0.251 e. The maximum absolute atomic E-state index is 13.0. The molecule has 12 heteroatoms. The van der Waals surface area contributed by atoms with Crippen LogP contribution in [0.3, 0.4) is 0 Å². The van der Waals surface area contributed by atoms with Gasteiger partial charge in [-0.3, -0.25) is 24.0 Å². The standard InChI is InChI=1S/C31H52N6O6.C3H8/c1-9-20(7)27(37-29(41)22-11-13-24(38)14-12-22)31(43)34-17-25(39)35-23(15-18(3)4)16-33-21(8)28(40)36-26(19(5)6)30(42)32-10-2;1-3-2/h11-14,18-21,23,26-27,33,38H,9-10,15-17H2,1-8H3,(H,32,42)(H,34,43)(H,35,39)(H,36,40)(H,37,41);3H2,1-2H3/t20-,21-,23?,26?,27?;/m0./s1. The summed E-state index contributed by atoms with van der Waals surface area (Å²) in [6.07, 6.45) is 2.50. The third-order valence-corrected chi connectivity index (χ3v) is 7.12.